The molecule has 0 saturated carbocycles. The first-order chi connectivity index (χ1) is 13.4. The molecule has 0 radical (unpaired) electrons. The summed E-state index contributed by atoms with van der Waals surface area (Å²) in [4.78, 5) is 16.1. The molecule has 28 heavy (non-hydrogen) atoms. The van der Waals surface area contributed by atoms with Gasteiger partial charge >= 0.3 is 0 Å². The van der Waals surface area contributed by atoms with Crippen LogP contribution >= 0.6 is 0 Å². The molecule has 0 heterocycles. The van der Waals surface area contributed by atoms with Gasteiger partial charge in [-0.1, -0.05) is 42.5 Å². The molecule has 0 aliphatic heterocycles. The number of benzene rings is 2. The molecule has 2 aromatic rings. The highest BCUT2D eigenvalue weighted by atomic mass is 16.5. The maximum Gasteiger partial charge on any atom is 0.239 e. The Morgan fingerprint density at radius 1 is 1.00 bits per heavy atom. The van der Waals surface area contributed by atoms with E-state index in [2.05, 4.69) is 20.9 Å². The molecule has 2 aromatic carbocycles. The van der Waals surface area contributed by atoms with Gasteiger partial charge in [-0.15, -0.1) is 0 Å². The van der Waals surface area contributed by atoms with E-state index in [1.54, 1.807) is 7.05 Å². The van der Waals surface area contributed by atoms with Crippen molar-refractivity contribution in [3.63, 3.8) is 0 Å². The standard InChI is InChI=1S/C22H30N4O2/c1-22(2,3)26-20(27)15-25-21(23-4)24-14-18-11-8-12-19(13-18)28-16-17-9-6-5-7-10-17/h5-13H,14-16H2,1-4H3,(H,26,27)(H2,23,24,25). The number of hydrogen-bond donors (Lipinski definition) is 3. The van der Waals surface area contributed by atoms with Crippen LogP contribution in [0.5, 0.6) is 5.75 Å². The molecule has 0 aliphatic rings. The van der Waals surface area contributed by atoms with Crippen LogP contribution in [0.3, 0.4) is 0 Å². The predicted octanol–water partition coefficient (Wildman–Crippen LogP) is 2.85. The predicted molar refractivity (Wildman–Crippen MR) is 113 cm³/mol. The summed E-state index contributed by atoms with van der Waals surface area (Å²) in [6.07, 6.45) is 0. The van der Waals surface area contributed by atoms with Crippen LogP contribution < -0.4 is 20.7 Å². The van der Waals surface area contributed by atoms with Gasteiger partial charge in [-0.05, 0) is 44.0 Å². The molecule has 0 saturated heterocycles. The van der Waals surface area contributed by atoms with Crippen LogP contribution in [0.2, 0.25) is 0 Å². The smallest absolute Gasteiger partial charge is 0.239 e. The van der Waals surface area contributed by atoms with E-state index in [1.165, 1.54) is 0 Å². The van der Waals surface area contributed by atoms with Crippen LogP contribution in [0.15, 0.2) is 59.6 Å². The van der Waals surface area contributed by atoms with E-state index in [4.69, 9.17) is 4.74 Å². The van der Waals surface area contributed by atoms with Crippen LogP contribution in [0.1, 0.15) is 31.9 Å². The minimum absolute atomic E-state index is 0.0771. The van der Waals surface area contributed by atoms with E-state index in [-0.39, 0.29) is 18.0 Å². The highest BCUT2D eigenvalue weighted by Gasteiger charge is 2.13. The quantitative estimate of drug-likeness (QED) is 0.508. The Kier molecular flexibility index (Phi) is 7.87. The lowest BCUT2D eigenvalue weighted by atomic mass is 10.1. The van der Waals surface area contributed by atoms with E-state index >= 15 is 0 Å². The molecule has 0 spiro atoms. The largest absolute Gasteiger partial charge is 0.489 e. The zero-order valence-electron chi connectivity index (χ0n) is 17.1. The molecule has 2 rings (SSSR count). The molecular weight excluding hydrogens is 352 g/mol. The fourth-order valence-electron chi connectivity index (χ4n) is 2.52. The number of hydrogen-bond acceptors (Lipinski definition) is 3. The van der Waals surface area contributed by atoms with Crippen LogP contribution in [0, 0.1) is 0 Å². The van der Waals surface area contributed by atoms with Crippen molar-refractivity contribution in [1.29, 1.82) is 0 Å². The second kappa shape index (κ2) is 10.3. The second-order valence-corrected chi connectivity index (χ2v) is 7.50. The maximum atomic E-state index is 11.9. The molecule has 6 nitrogen and oxygen atoms in total. The number of nitrogens with zero attached hydrogens (tertiary/aromatic N) is 1. The Hall–Kier alpha value is -3.02. The third kappa shape index (κ3) is 8.12. The summed E-state index contributed by atoms with van der Waals surface area (Å²) in [7, 11) is 1.68. The van der Waals surface area contributed by atoms with Crippen molar-refractivity contribution in [3.05, 3.63) is 65.7 Å². The Morgan fingerprint density at radius 3 is 2.39 bits per heavy atom. The first-order valence-electron chi connectivity index (χ1n) is 9.37. The van der Waals surface area contributed by atoms with Crippen molar-refractivity contribution < 1.29 is 9.53 Å². The number of carbonyl (C=O) groups is 1. The first-order valence-corrected chi connectivity index (χ1v) is 9.37. The average molecular weight is 383 g/mol. The number of aliphatic imine (C=N–C) groups is 1. The molecule has 3 N–H and O–H groups in total. The van der Waals surface area contributed by atoms with Gasteiger partial charge in [0.05, 0.1) is 6.54 Å². The van der Waals surface area contributed by atoms with Gasteiger partial charge in [0.15, 0.2) is 5.96 Å². The van der Waals surface area contributed by atoms with Gasteiger partial charge in [-0.25, -0.2) is 0 Å². The van der Waals surface area contributed by atoms with Gasteiger partial charge in [0.1, 0.15) is 12.4 Å². The molecule has 0 bridgehead atoms. The van der Waals surface area contributed by atoms with Gasteiger partial charge in [-0.2, -0.15) is 0 Å². The molecular formula is C22H30N4O2. The number of guanidine groups is 1. The van der Waals surface area contributed by atoms with Crippen LogP contribution in [0.4, 0.5) is 0 Å². The van der Waals surface area contributed by atoms with Gasteiger partial charge in [0.2, 0.25) is 5.91 Å². The molecule has 0 aromatic heterocycles. The summed E-state index contributed by atoms with van der Waals surface area (Å²) in [5.41, 5.74) is 1.94. The molecule has 0 aliphatic carbocycles. The number of carbonyl (C=O) groups excluding carboxylic acids is 1. The Labute approximate surface area is 167 Å². The van der Waals surface area contributed by atoms with E-state index in [0.717, 1.165) is 16.9 Å². The minimum atomic E-state index is -0.254. The number of amides is 1. The molecule has 6 heteroatoms. The van der Waals surface area contributed by atoms with Crippen LogP contribution in [0.25, 0.3) is 0 Å². The molecule has 150 valence electrons. The topological polar surface area (TPSA) is 74.8 Å². The lowest BCUT2D eigenvalue weighted by Crippen LogP contribution is -2.48. The van der Waals surface area contributed by atoms with Crippen molar-refractivity contribution in [2.75, 3.05) is 13.6 Å². The van der Waals surface area contributed by atoms with Crippen molar-refractivity contribution in [2.45, 2.75) is 39.5 Å². The molecule has 0 fully saturated rings. The molecule has 1 amide bonds. The van der Waals surface area contributed by atoms with Crippen LogP contribution in [-0.4, -0.2) is 31.0 Å². The summed E-state index contributed by atoms with van der Waals surface area (Å²) in [6.45, 7) is 7.12. The zero-order chi connectivity index (χ0) is 20.4. The van der Waals surface area contributed by atoms with Crippen molar-refractivity contribution in [2.24, 2.45) is 4.99 Å². The van der Waals surface area contributed by atoms with Gasteiger partial charge in [0, 0.05) is 19.1 Å². The van der Waals surface area contributed by atoms with E-state index in [9.17, 15) is 4.79 Å². The van der Waals surface area contributed by atoms with Crippen molar-refractivity contribution in [1.82, 2.24) is 16.0 Å². The zero-order valence-corrected chi connectivity index (χ0v) is 17.1. The summed E-state index contributed by atoms with van der Waals surface area (Å²) in [5, 5.41) is 9.13. The normalized spacial score (nSPS) is 11.6. The summed E-state index contributed by atoms with van der Waals surface area (Å²) >= 11 is 0. The number of rotatable bonds is 7. The van der Waals surface area contributed by atoms with E-state index < -0.39 is 0 Å². The third-order valence-corrected chi connectivity index (χ3v) is 3.76. The minimum Gasteiger partial charge on any atom is -0.489 e. The fraction of sp³-hybridized carbons (Fsp3) is 0.364. The van der Waals surface area contributed by atoms with Crippen molar-refractivity contribution >= 4 is 11.9 Å². The Balaban J connectivity index is 1.81. The van der Waals surface area contributed by atoms with Crippen LogP contribution in [-0.2, 0) is 17.9 Å². The summed E-state index contributed by atoms with van der Waals surface area (Å²) in [5.74, 6) is 1.31. The third-order valence-electron chi connectivity index (χ3n) is 3.76. The van der Waals surface area contributed by atoms with Gasteiger partial charge in [0.25, 0.3) is 0 Å². The highest BCUT2D eigenvalue weighted by molar-refractivity contribution is 5.86. The lowest BCUT2D eigenvalue weighted by molar-refractivity contribution is -0.121. The average Bonchev–Trinajstić information content (AvgIpc) is 2.66. The van der Waals surface area contributed by atoms with Gasteiger partial charge < -0.3 is 20.7 Å². The van der Waals surface area contributed by atoms with Gasteiger partial charge in [-0.3, -0.25) is 9.79 Å². The Bertz CT molecular complexity index is 783. The summed E-state index contributed by atoms with van der Waals surface area (Å²) in [6, 6.07) is 18.0. The van der Waals surface area contributed by atoms with E-state index in [0.29, 0.717) is 19.1 Å². The SMILES string of the molecule is CN=C(NCC(=O)NC(C)(C)C)NCc1cccc(OCc2ccccc2)c1. The van der Waals surface area contributed by atoms with Crippen molar-refractivity contribution in [3.8, 4) is 5.75 Å². The maximum absolute atomic E-state index is 11.9. The Morgan fingerprint density at radius 2 is 1.71 bits per heavy atom. The van der Waals surface area contributed by atoms with E-state index in [1.807, 2.05) is 75.4 Å². The molecule has 0 atom stereocenters. The molecule has 0 unspecified atom stereocenters. The second-order valence-electron chi connectivity index (χ2n) is 7.50. The monoisotopic (exact) mass is 382 g/mol. The fourth-order valence-corrected chi connectivity index (χ4v) is 2.52. The first kappa shape index (κ1) is 21.3. The number of nitrogens with one attached hydrogen (secondary N) is 3. The lowest BCUT2D eigenvalue weighted by Gasteiger charge is -2.21. The highest BCUT2D eigenvalue weighted by Crippen LogP contribution is 2.15. The summed E-state index contributed by atoms with van der Waals surface area (Å²) < 4.78 is 5.86. The number of ether oxygens (including phenoxy) is 1.